The molecule has 0 aromatic heterocycles. The largest absolute Gasteiger partial charge is 0.355 e. The van der Waals surface area contributed by atoms with E-state index in [0.717, 1.165) is 22.5 Å². The number of rotatable bonds is 3. The first-order valence-electron chi connectivity index (χ1n) is 6.34. The first-order chi connectivity index (χ1) is 9.09. The fraction of sp³-hybridized carbons (Fsp3) is 0.176. The Balaban J connectivity index is 2.43. The van der Waals surface area contributed by atoms with Crippen molar-refractivity contribution in [3.05, 3.63) is 71.0 Å². The van der Waals surface area contributed by atoms with Crippen LogP contribution in [-0.2, 0) is 0 Å². The minimum Gasteiger partial charge on any atom is -0.355 e. The van der Waals surface area contributed by atoms with Crippen molar-refractivity contribution in [2.24, 2.45) is 0 Å². The van der Waals surface area contributed by atoms with Crippen LogP contribution in [0.4, 0.5) is 10.1 Å². The summed E-state index contributed by atoms with van der Waals surface area (Å²) in [6.07, 6.45) is 0. The summed E-state index contributed by atoms with van der Waals surface area (Å²) in [5.74, 6) is -0.209. The molecule has 19 heavy (non-hydrogen) atoms. The van der Waals surface area contributed by atoms with Crippen molar-refractivity contribution < 1.29 is 4.39 Å². The molecule has 0 heterocycles. The van der Waals surface area contributed by atoms with Crippen molar-refractivity contribution in [3.8, 4) is 0 Å². The number of nitrogens with one attached hydrogen (secondary N) is 1. The lowest BCUT2D eigenvalue weighted by Crippen LogP contribution is -2.04. The Labute approximate surface area is 113 Å². The van der Waals surface area contributed by atoms with Gasteiger partial charge in [0.25, 0.3) is 0 Å². The summed E-state index contributed by atoms with van der Waals surface area (Å²) >= 11 is 0. The van der Waals surface area contributed by atoms with Gasteiger partial charge in [-0.15, -0.1) is 0 Å². The number of halogens is 1. The van der Waals surface area contributed by atoms with Gasteiger partial charge in [-0.1, -0.05) is 35.9 Å². The van der Waals surface area contributed by atoms with Crippen molar-refractivity contribution in [1.82, 2.24) is 0 Å². The molecule has 2 aromatic carbocycles. The maximum Gasteiger partial charge on any atom is 0.132 e. The average molecular weight is 255 g/mol. The third-order valence-corrected chi connectivity index (χ3v) is 3.05. The number of para-hydroxylation sites is 1. The van der Waals surface area contributed by atoms with Crippen molar-refractivity contribution in [2.75, 3.05) is 5.32 Å². The zero-order valence-electron chi connectivity index (χ0n) is 11.5. The standard InChI is InChI=1S/C17H18FN/c1-12(2)17(14-9-5-6-10-15(14)18)19-16-11-7-4-8-13(16)3/h4-11,19H,1-3H3. The third kappa shape index (κ3) is 3.02. The predicted molar refractivity (Wildman–Crippen MR) is 79.5 cm³/mol. The molecule has 1 nitrogen and oxygen atoms in total. The molecule has 98 valence electrons. The molecule has 0 unspecified atom stereocenters. The second-order valence-electron chi connectivity index (χ2n) is 4.79. The summed E-state index contributed by atoms with van der Waals surface area (Å²) in [5.41, 5.74) is 4.62. The summed E-state index contributed by atoms with van der Waals surface area (Å²) in [5, 5.41) is 3.34. The molecule has 2 heteroatoms. The molecule has 0 spiro atoms. The number of hydrogen-bond donors (Lipinski definition) is 1. The molecule has 0 aliphatic rings. The van der Waals surface area contributed by atoms with Crippen LogP contribution in [0.2, 0.25) is 0 Å². The van der Waals surface area contributed by atoms with E-state index in [4.69, 9.17) is 0 Å². The van der Waals surface area contributed by atoms with Crippen LogP contribution < -0.4 is 5.32 Å². The molecule has 0 amide bonds. The number of allylic oxidation sites excluding steroid dienone is 1. The van der Waals surface area contributed by atoms with E-state index in [0.29, 0.717) is 5.56 Å². The van der Waals surface area contributed by atoms with Gasteiger partial charge in [0.2, 0.25) is 0 Å². The summed E-state index contributed by atoms with van der Waals surface area (Å²) in [6.45, 7) is 5.99. The van der Waals surface area contributed by atoms with Gasteiger partial charge >= 0.3 is 0 Å². The van der Waals surface area contributed by atoms with Gasteiger partial charge in [0.1, 0.15) is 5.82 Å². The maximum absolute atomic E-state index is 13.9. The lowest BCUT2D eigenvalue weighted by atomic mass is 10.1. The molecule has 0 fully saturated rings. The normalized spacial score (nSPS) is 10.1. The van der Waals surface area contributed by atoms with E-state index >= 15 is 0 Å². The Morgan fingerprint density at radius 2 is 1.58 bits per heavy atom. The molecular formula is C17H18FN. The Hall–Kier alpha value is -2.09. The van der Waals surface area contributed by atoms with Crippen molar-refractivity contribution in [1.29, 1.82) is 0 Å². The fourth-order valence-corrected chi connectivity index (χ4v) is 1.97. The van der Waals surface area contributed by atoms with E-state index in [1.54, 1.807) is 12.1 Å². The SMILES string of the molecule is CC(C)=C(Nc1ccccc1C)c1ccccc1F. The van der Waals surface area contributed by atoms with Crippen LogP contribution in [0.15, 0.2) is 54.1 Å². The molecular weight excluding hydrogens is 237 g/mol. The molecule has 0 saturated heterocycles. The van der Waals surface area contributed by atoms with Crippen LogP contribution in [0.1, 0.15) is 25.0 Å². The lowest BCUT2D eigenvalue weighted by molar-refractivity contribution is 0.624. The minimum atomic E-state index is -0.209. The summed E-state index contributed by atoms with van der Waals surface area (Å²) in [4.78, 5) is 0. The van der Waals surface area contributed by atoms with E-state index in [2.05, 4.69) is 5.32 Å². The monoisotopic (exact) mass is 255 g/mol. The number of anilines is 1. The van der Waals surface area contributed by atoms with Crippen molar-refractivity contribution in [3.63, 3.8) is 0 Å². The number of hydrogen-bond acceptors (Lipinski definition) is 1. The van der Waals surface area contributed by atoms with Gasteiger partial charge in [0.15, 0.2) is 0 Å². The van der Waals surface area contributed by atoms with E-state index in [1.165, 1.54) is 6.07 Å². The molecule has 1 N–H and O–H groups in total. The highest BCUT2D eigenvalue weighted by Crippen LogP contribution is 2.25. The van der Waals surface area contributed by atoms with Crippen LogP contribution in [0, 0.1) is 12.7 Å². The van der Waals surface area contributed by atoms with Crippen LogP contribution in [0.5, 0.6) is 0 Å². The van der Waals surface area contributed by atoms with Gasteiger partial charge in [-0.2, -0.15) is 0 Å². The van der Waals surface area contributed by atoms with Gasteiger partial charge in [0.05, 0.1) is 0 Å². The van der Waals surface area contributed by atoms with Gasteiger partial charge < -0.3 is 5.32 Å². The quantitative estimate of drug-likeness (QED) is 0.814. The van der Waals surface area contributed by atoms with Crippen LogP contribution in [-0.4, -0.2) is 0 Å². The minimum absolute atomic E-state index is 0.209. The molecule has 0 aliphatic carbocycles. The Kier molecular flexibility index (Phi) is 4.00. The van der Waals surface area contributed by atoms with E-state index < -0.39 is 0 Å². The zero-order valence-corrected chi connectivity index (χ0v) is 11.5. The average Bonchev–Trinajstić information content (AvgIpc) is 2.38. The summed E-state index contributed by atoms with van der Waals surface area (Å²) < 4.78 is 13.9. The maximum atomic E-state index is 13.9. The second kappa shape index (κ2) is 5.70. The van der Waals surface area contributed by atoms with Crippen molar-refractivity contribution in [2.45, 2.75) is 20.8 Å². The van der Waals surface area contributed by atoms with Crippen LogP contribution in [0.25, 0.3) is 5.70 Å². The Morgan fingerprint density at radius 1 is 0.947 bits per heavy atom. The zero-order chi connectivity index (χ0) is 13.8. The first-order valence-corrected chi connectivity index (χ1v) is 6.34. The van der Waals surface area contributed by atoms with Gasteiger partial charge in [-0.25, -0.2) is 4.39 Å². The van der Waals surface area contributed by atoms with E-state index in [1.807, 2.05) is 51.1 Å². The highest BCUT2D eigenvalue weighted by Gasteiger charge is 2.10. The molecule has 0 atom stereocenters. The lowest BCUT2D eigenvalue weighted by Gasteiger charge is -2.16. The van der Waals surface area contributed by atoms with E-state index in [-0.39, 0.29) is 5.82 Å². The summed E-state index contributed by atoms with van der Waals surface area (Å²) in [7, 11) is 0. The van der Waals surface area contributed by atoms with Gasteiger partial charge in [0, 0.05) is 16.9 Å². The van der Waals surface area contributed by atoms with Gasteiger partial charge in [-0.3, -0.25) is 0 Å². The smallest absolute Gasteiger partial charge is 0.132 e. The first kappa shape index (κ1) is 13.3. The van der Waals surface area contributed by atoms with E-state index in [9.17, 15) is 4.39 Å². The number of benzene rings is 2. The number of aryl methyl sites for hydroxylation is 1. The molecule has 0 radical (unpaired) electrons. The molecule has 2 aromatic rings. The van der Waals surface area contributed by atoms with Gasteiger partial charge in [-0.05, 0) is 44.5 Å². The molecule has 0 saturated carbocycles. The Bertz CT molecular complexity index is 610. The fourth-order valence-electron chi connectivity index (χ4n) is 1.97. The van der Waals surface area contributed by atoms with Crippen molar-refractivity contribution >= 4 is 11.4 Å². The summed E-state index contributed by atoms with van der Waals surface area (Å²) in [6, 6.07) is 14.8. The molecule has 0 bridgehead atoms. The topological polar surface area (TPSA) is 12.0 Å². The highest BCUT2D eigenvalue weighted by atomic mass is 19.1. The van der Waals surface area contributed by atoms with Crippen LogP contribution >= 0.6 is 0 Å². The molecule has 2 rings (SSSR count). The second-order valence-corrected chi connectivity index (χ2v) is 4.79. The predicted octanol–water partition coefficient (Wildman–Crippen LogP) is 5.00. The highest BCUT2D eigenvalue weighted by molar-refractivity contribution is 5.79. The molecule has 0 aliphatic heterocycles. The Morgan fingerprint density at radius 3 is 2.21 bits per heavy atom. The van der Waals surface area contributed by atoms with Crippen LogP contribution in [0.3, 0.4) is 0 Å². The third-order valence-electron chi connectivity index (χ3n) is 3.05.